The van der Waals surface area contributed by atoms with Gasteiger partial charge in [0.25, 0.3) is 0 Å². The molecule has 4 aromatic rings. The van der Waals surface area contributed by atoms with E-state index in [1.807, 2.05) is 54.6 Å². The molecule has 0 radical (unpaired) electrons. The molecule has 188 valence electrons. The molecule has 0 saturated heterocycles. The number of carbonyl (C=O) groups excluding carboxylic acids is 1. The lowest BCUT2D eigenvalue weighted by molar-refractivity contribution is 0.0185. The van der Waals surface area contributed by atoms with Crippen molar-refractivity contribution >= 4 is 6.09 Å². The second kappa shape index (κ2) is 11.3. The molecule has 0 saturated carbocycles. The van der Waals surface area contributed by atoms with Gasteiger partial charge in [-0.1, -0.05) is 91.0 Å². The van der Waals surface area contributed by atoms with Gasteiger partial charge < -0.3 is 25.0 Å². The maximum atomic E-state index is 12.4. The Balaban J connectivity index is 1.10. The summed E-state index contributed by atoms with van der Waals surface area (Å²) in [4.78, 5) is 12.4. The highest BCUT2D eigenvalue weighted by Gasteiger charge is 2.29. The molecule has 0 bridgehead atoms. The number of hydrogen-bond donors (Lipinski definition) is 3. The zero-order valence-electron chi connectivity index (χ0n) is 20.3. The first kappa shape index (κ1) is 24.6. The molecule has 1 amide bonds. The average molecular weight is 496 g/mol. The number of aliphatic hydroxyl groups is 2. The molecular formula is C31H29NO5. The minimum atomic E-state index is -1.20. The van der Waals surface area contributed by atoms with Crippen LogP contribution in [-0.2, 0) is 11.3 Å². The molecule has 5 rings (SSSR count). The predicted octanol–water partition coefficient (Wildman–Crippen LogP) is 5.20. The van der Waals surface area contributed by atoms with E-state index in [0.29, 0.717) is 17.9 Å². The van der Waals surface area contributed by atoms with Gasteiger partial charge in [-0.2, -0.15) is 0 Å². The number of benzene rings is 4. The summed E-state index contributed by atoms with van der Waals surface area (Å²) in [6.07, 6.45) is -3.01. The molecule has 1 aliphatic rings. The normalized spacial score (nSPS) is 13.8. The van der Waals surface area contributed by atoms with Crippen molar-refractivity contribution in [2.75, 3.05) is 13.2 Å². The summed E-state index contributed by atoms with van der Waals surface area (Å²) in [5, 5.41) is 23.5. The van der Waals surface area contributed by atoms with E-state index in [-0.39, 0.29) is 19.1 Å². The second-order valence-electron chi connectivity index (χ2n) is 9.06. The third-order valence-electron chi connectivity index (χ3n) is 6.63. The highest BCUT2D eigenvalue weighted by molar-refractivity contribution is 5.79. The van der Waals surface area contributed by atoms with Gasteiger partial charge in [0, 0.05) is 12.5 Å². The molecule has 6 nitrogen and oxygen atoms in total. The number of rotatable bonds is 9. The van der Waals surface area contributed by atoms with Crippen molar-refractivity contribution in [3.63, 3.8) is 0 Å². The Morgan fingerprint density at radius 3 is 2.03 bits per heavy atom. The van der Waals surface area contributed by atoms with Gasteiger partial charge in [0.2, 0.25) is 0 Å². The fourth-order valence-corrected chi connectivity index (χ4v) is 4.67. The summed E-state index contributed by atoms with van der Waals surface area (Å²) in [5.41, 5.74) is 6.14. The zero-order chi connectivity index (χ0) is 25.6. The van der Waals surface area contributed by atoms with E-state index in [2.05, 4.69) is 29.6 Å². The molecule has 37 heavy (non-hydrogen) atoms. The van der Waals surface area contributed by atoms with Crippen molar-refractivity contribution in [2.24, 2.45) is 0 Å². The van der Waals surface area contributed by atoms with Gasteiger partial charge in [-0.25, -0.2) is 4.79 Å². The van der Waals surface area contributed by atoms with Crippen LogP contribution in [0.1, 0.15) is 34.3 Å². The summed E-state index contributed by atoms with van der Waals surface area (Å²) in [7, 11) is 0. The molecule has 1 aliphatic carbocycles. The number of carbonyl (C=O) groups is 1. The smallest absolute Gasteiger partial charge is 0.407 e. The molecule has 0 spiro atoms. The molecule has 4 aromatic carbocycles. The first-order valence-electron chi connectivity index (χ1n) is 12.3. The van der Waals surface area contributed by atoms with Crippen molar-refractivity contribution < 1.29 is 24.5 Å². The SMILES string of the molecule is O=C(NCC(O)C(O)c1ccc(OCc2ccccc2)cc1)OCC1c2ccccc2-c2ccccc21. The minimum Gasteiger partial charge on any atom is -0.489 e. The number of alkyl carbamates (subject to hydrolysis) is 1. The van der Waals surface area contributed by atoms with Crippen molar-refractivity contribution in [3.8, 4) is 16.9 Å². The van der Waals surface area contributed by atoms with Crippen LogP contribution in [0.15, 0.2) is 103 Å². The van der Waals surface area contributed by atoms with Gasteiger partial charge in [-0.15, -0.1) is 0 Å². The standard InChI is InChI=1S/C31H29NO5/c33-29(30(34)22-14-16-23(17-15-22)36-19-21-8-2-1-3-9-21)18-32-31(35)37-20-28-26-12-6-4-10-24(26)25-11-5-7-13-27(25)28/h1-17,28-30,33-34H,18-20H2,(H,32,35). The van der Waals surface area contributed by atoms with Gasteiger partial charge in [0.05, 0.1) is 0 Å². The third-order valence-corrected chi connectivity index (χ3v) is 6.63. The lowest BCUT2D eigenvalue weighted by atomic mass is 9.98. The van der Waals surface area contributed by atoms with Crippen LogP contribution in [0, 0.1) is 0 Å². The summed E-state index contributed by atoms with van der Waals surface area (Å²) in [6, 6.07) is 32.9. The summed E-state index contributed by atoms with van der Waals surface area (Å²) in [5.74, 6) is 0.613. The molecule has 2 atom stereocenters. The number of nitrogens with one attached hydrogen (secondary N) is 1. The van der Waals surface area contributed by atoms with E-state index in [1.165, 1.54) is 0 Å². The molecule has 0 aromatic heterocycles. The van der Waals surface area contributed by atoms with Crippen LogP contribution in [0.2, 0.25) is 0 Å². The number of ether oxygens (including phenoxy) is 2. The Labute approximate surface area is 216 Å². The first-order valence-corrected chi connectivity index (χ1v) is 12.3. The van der Waals surface area contributed by atoms with E-state index >= 15 is 0 Å². The van der Waals surface area contributed by atoms with E-state index in [0.717, 1.165) is 27.8 Å². The quantitative estimate of drug-likeness (QED) is 0.297. The van der Waals surface area contributed by atoms with E-state index in [9.17, 15) is 15.0 Å². The van der Waals surface area contributed by atoms with Crippen LogP contribution in [0.4, 0.5) is 4.79 Å². The first-order chi connectivity index (χ1) is 18.1. The van der Waals surface area contributed by atoms with Crippen LogP contribution in [0.25, 0.3) is 11.1 Å². The summed E-state index contributed by atoms with van der Waals surface area (Å²) >= 11 is 0. The number of fused-ring (bicyclic) bond motifs is 3. The fraction of sp³-hybridized carbons (Fsp3) is 0.194. The molecular weight excluding hydrogens is 466 g/mol. The minimum absolute atomic E-state index is 0.0451. The van der Waals surface area contributed by atoms with Crippen LogP contribution >= 0.6 is 0 Å². The van der Waals surface area contributed by atoms with Crippen molar-refractivity contribution in [1.29, 1.82) is 0 Å². The largest absolute Gasteiger partial charge is 0.489 e. The Hall–Kier alpha value is -4.13. The lowest BCUT2D eigenvalue weighted by Crippen LogP contribution is -2.36. The fourth-order valence-electron chi connectivity index (χ4n) is 4.67. The summed E-state index contributed by atoms with van der Waals surface area (Å²) < 4.78 is 11.3. The maximum absolute atomic E-state index is 12.4. The van der Waals surface area contributed by atoms with E-state index < -0.39 is 18.3 Å². The van der Waals surface area contributed by atoms with Gasteiger partial charge in [0.1, 0.15) is 31.2 Å². The van der Waals surface area contributed by atoms with Gasteiger partial charge in [0.15, 0.2) is 0 Å². The van der Waals surface area contributed by atoms with E-state index in [1.54, 1.807) is 24.3 Å². The maximum Gasteiger partial charge on any atom is 0.407 e. The highest BCUT2D eigenvalue weighted by atomic mass is 16.5. The van der Waals surface area contributed by atoms with Crippen molar-refractivity contribution in [3.05, 3.63) is 125 Å². The Bertz CT molecular complexity index is 1290. The predicted molar refractivity (Wildman–Crippen MR) is 141 cm³/mol. The topological polar surface area (TPSA) is 88.0 Å². The third kappa shape index (κ3) is 5.66. The highest BCUT2D eigenvalue weighted by Crippen LogP contribution is 2.44. The molecule has 2 unspecified atom stereocenters. The summed E-state index contributed by atoms with van der Waals surface area (Å²) in [6.45, 7) is 0.475. The number of amides is 1. The van der Waals surface area contributed by atoms with Crippen molar-refractivity contribution in [2.45, 2.75) is 24.7 Å². The Kier molecular flexibility index (Phi) is 7.49. The monoisotopic (exact) mass is 495 g/mol. The van der Waals surface area contributed by atoms with Gasteiger partial charge in [-0.05, 0) is 45.5 Å². The second-order valence-corrected chi connectivity index (χ2v) is 9.06. The zero-order valence-corrected chi connectivity index (χ0v) is 20.3. The van der Waals surface area contributed by atoms with Crippen LogP contribution in [-0.4, -0.2) is 35.6 Å². The number of hydrogen-bond acceptors (Lipinski definition) is 5. The number of aliphatic hydroxyl groups excluding tert-OH is 2. The molecule has 0 aliphatic heterocycles. The lowest BCUT2D eigenvalue weighted by Gasteiger charge is -2.19. The van der Waals surface area contributed by atoms with Gasteiger partial charge >= 0.3 is 6.09 Å². The van der Waals surface area contributed by atoms with Gasteiger partial charge in [-0.3, -0.25) is 0 Å². The van der Waals surface area contributed by atoms with Crippen molar-refractivity contribution in [1.82, 2.24) is 5.32 Å². The molecule has 0 heterocycles. The average Bonchev–Trinajstić information content (AvgIpc) is 3.27. The van der Waals surface area contributed by atoms with E-state index in [4.69, 9.17) is 9.47 Å². The molecule has 6 heteroatoms. The van der Waals surface area contributed by atoms with Crippen LogP contribution in [0.3, 0.4) is 0 Å². The van der Waals surface area contributed by atoms with Crippen LogP contribution in [0.5, 0.6) is 5.75 Å². The Morgan fingerprint density at radius 2 is 1.38 bits per heavy atom. The molecule has 0 fully saturated rings. The van der Waals surface area contributed by atoms with Crippen LogP contribution < -0.4 is 10.1 Å². The Morgan fingerprint density at radius 1 is 0.784 bits per heavy atom. The molecule has 3 N–H and O–H groups in total.